The zero-order valence-corrected chi connectivity index (χ0v) is 10.9. The Labute approximate surface area is 109 Å². The largest absolute Gasteiger partial charge is 0.480 e. The van der Waals surface area contributed by atoms with Crippen LogP contribution >= 0.6 is 0 Å². The highest BCUT2D eigenvalue weighted by Gasteiger charge is 2.38. The normalized spacial score (nSPS) is 11.2. The Morgan fingerprint density at radius 1 is 1.26 bits per heavy atom. The van der Waals surface area contributed by atoms with E-state index in [0.29, 0.717) is 0 Å². The maximum Gasteiger partial charge on any atom is 0.329 e. The van der Waals surface area contributed by atoms with Gasteiger partial charge in [-0.2, -0.15) is 0 Å². The second kappa shape index (κ2) is 5.34. The minimum absolute atomic E-state index is 0.0197. The van der Waals surface area contributed by atoms with E-state index in [4.69, 9.17) is 5.11 Å². The molecule has 4 nitrogen and oxygen atoms in total. The summed E-state index contributed by atoms with van der Waals surface area (Å²) >= 11 is 0. The van der Waals surface area contributed by atoms with Crippen LogP contribution in [0.4, 0.5) is 8.78 Å². The summed E-state index contributed by atoms with van der Waals surface area (Å²) in [5, 5.41) is 9.10. The van der Waals surface area contributed by atoms with E-state index in [-0.39, 0.29) is 6.54 Å². The lowest BCUT2D eigenvalue weighted by Gasteiger charge is -2.34. The summed E-state index contributed by atoms with van der Waals surface area (Å²) in [6, 6.07) is 3.05. The molecule has 1 rings (SSSR count). The number of carbonyl (C=O) groups excluding carboxylic acids is 1. The van der Waals surface area contributed by atoms with Gasteiger partial charge >= 0.3 is 5.97 Å². The summed E-state index contributed by atoms with van der Waals surface area (Å²) in [5.41, 5.74) is -2.29. The molecule has 6 heteroatoms. The van der Waals surface area contributed by atoms with Gasteiger partial charge in [0.05, 0.1) is 0 Å². The number of halogens is 2. The Balaban J connectivity index is 3.28. The van der Waals surface area contributed by atoms with Crippen LogP contribution in [0.25, 0.3) is 0 Å². The van der Waals surface area contributed by atoms with Crippen molar-refractivity contribution in [1.82, 2.24) is 4.90 Å². The summed E-state index contributed by atoms with van der Waals surface area (Å²) in [6.45, 7) is 4.16. The molecule has 0 spiro atoms. The monoisotopic (exact) mass is 271 g/mol. The van der Waals surface area contributed by atoms with Gasteiger partial charge in [-0.15, -0.1) is 0 Å². The van der Waals surface area contributed by atoms with Crippen LogP contribution in [0.3, 0.4) is 0 Å². The molecular formula is C13H15F2NO3. The first-order valence-corrected chi connectivity index (χ1v) is 5.72. The lowest BCUT2D eigenvalue weighted by molar-refractivity contribution is -0.147. The van der Waals surface area contributed by atoms with E-state index >= 15 is 0 Å². The molecule has 0 saturated carbocycles. The van der Waals surface area contributed by atoms with Crippen molar-refractivity contribution in [3.8, 4) is 0 Å². The molecule has 19 heavy (non-hydrogen) atoms. The molecule has 0 aromatic heterocycles. The van der Waals surface area contributed by atoms with E-state index < -0.39 is 34.6 Å². The number of hydrogen-bond donors (Lipinski definition) is 1. The van der Waals surface area contributed by atoms with Crippen LogP contribution in [0.15, 0.2) is 18.2 Å². The fraction of sp³-hybridized carbons (Fsp3) is 0.385. The quantitative estimate of drug-likeness (QED) is 0.914. The third-order valence-corrected chi connectivity index (χ3v) is 2.94. The third-order valence-electron chi connectivity index (χ3n) is 2.94. The highest BCUT2D eigenvalue weighted by Crippen LogP contribution is 2.21. The van der Waals surface area contributed by atoms with Crippen molar-refractivity contribution in [2.24, 2.45) is 0 Å². The van der Waals surface area contributed by atoms with E-state index in [2.05, 4.69) is 0 Å². The molecule has 104 valence electrons. The molecule has 0 radical (unpaired) electrons. The van der Waals surface area contributed by atoms with Gasteiger partial charge in [-0.05, 0) is 32.9 Å². The van der Waals surface area contributed by atoms with Gasteiger partial charge in [0.1, 0.15) is 22.7 Å². The fourth-order valence-electron chi connectivity index (χ4n) is 1.75. The predicted molar refractivity (Wildman–Crippen MR) is 64.8 cm³/mol. The second-order valence-electron chi connectivity index (χ2n) is 4.51. The molecule has 1 aromatic carbocycles. The Bertz CT molecular complexity index is 494. The summed E-state index contributed by atoms with van der Waals surface area (Å²) in [6.07, 6.45) is 0. The van der Waals surface area contributed by atoms with Gasteiger partial charge in [0, 0.05) is 6.54 Å². The first-order chi connectivity index (χ1) is 8.73. The summed E-state index contributed by atoms with van der Waals surface area (Å²) in [7, 11) is 0. The summed E-state index contributed by atoms with van der Waals surface area (Å²) in [5.74, 6) is -4.25. The topological polar surface area (TPSA) is 57.6 Å². The Morgan fingerprint density at radius 2 is 1.74 bits per heavy atom. The van der Waals surface area contributed by atoms with Crippen LogP contribution in [0.2, 0.25) is 0 Å². The van der Waals surface area contributed by atoms with Crippen LogP contribution in [-0.4, -0.2) is 34.0 Å². The lowest BCUT2D eigenvalue weighted by atomic mass is 10.0. The standard InChI is InChI=1S/C13H15F2NO3/c1-4-16(13(2,3)12(18)19)11(17)10-8(14)6-5-7-9(10)15/h5-7H,4H2,1-3H3,(H,18,19). The maximum atomic E-state index is 13.6. The van der Waals surface area contributed by atoms with Crippen LogP contribution in [0.5, 0.6) is 0 Å². The Kier molecular flexibility index (Phi) is 4.24. The zero-order chi connectivity index (χ0) is 14.8. The van der Waals surface area contributed by atoms with Crippen molar-refractivity contribution in [1.29, 1.82) is 0 Å². The summed E-state index contributed by atoms with van der Waals surface area (Å²) < 4.78 is 27.1. The SMILES string of the molecule is CCN(C(=O)c1c(F)cccc1F)C(C)(C)C(=O)O. The molecule has 0 bridgehead atoms. The van der Waals surface area contributed by atoms with Gasteiger partial charge in [0.25, 0.3) is 5.91 Å². The minimum Gasteiger partial charge on any atom is -0.480 e. The van der Waals surface area contributed by atoms with Gasteiger partial charge in [-0.1, -0.05) is 6.07 Å². The molecule has 0 atom stereocenters. The van der Waals surface area contributed by atoms with Gasteiger partial charge in [-0.3, -0.25) is 4.79 Å². The summed E-state index contributed by atoms with van der Waals surface area (Å²) in [4.78, 5) is 24.2. The average molecular weight is 271 g/mol. The number of carboxylic acid groups (broad SMARTS) is 1. The minimum atomic E-state index is -1.56. The molecule has 0 fully saturated rings. The molecular weight excluding hydrogens is 256 g/mol. The van der Waals surface area contributed by atoms with Crippen LogP contribution < -0.4 is 0 Å². The molecule has 0 aliphatic carbocycles. The van der Waals surface area contributed by atoms with Crippen molar-refractivity contribution >= 4 is 11.9 Å². The number of hydrogen-bond acceptors (Lipinski definition) is 2. The lowest BCUT2D eigenvalue weighted by Crippen LogP contribution is -2.53. The van der Waals surface area contributed by atoms with Crippen LogP contribution in [-0.2, 0) is 4.79 Å². The number of nitrogens with zero attached hydrogens (tertiary/aromatic N) is 1. The van der Waals surface area contributed by atoms with E-state index in [1.165, 1.54) is 13.8 Å². The van der Waals surface area contributed by atoms with Crippen LogP contribution in [0.1, 0.15) is 31.1 Å². The van der Waals surface area contributed by atoms with Crippen molar-refractivity contribution in [2.45, 2.75) is 26.3 Å². The smallest absolute Gasteiger partial charge is 0.329 e. The van der Waals surface area contributed by atoms with E-state index in [9.17, 15) is 18.4 Å². The Morgan fingerprint density at radius 3 is 2.11 bits per heavy atom. The number of carbonyl (C=O) groups is 2. The average Bonchev–Trinajstić information content (AvgIpc) is 2.28. The number of likely N-dealkylation sites (N-methyl/N-ethyl adjacent to an activating group) is 1. The van der Waals surface area contributed by atoms with Crippen molar-refractivity contribution in [3.63, 3.8) is 0 Å². The molecule has 1 N–H and O–H groups in total. The first kappa shape index (κ1) is 15.1. The highest BCUT2D eigenvalue weighted by atomic mass is 19.1. The molecule has 0 heterocycles. The Hall–Kier alpha value is -1.98. The number of benzene rings is 1. The molecule has 0 aliphatic heterocycles. The molecule has 1 amide bonds. The zero-order valence-electron chi connectivity index (χ0n) is 10.9. The third kappa shape index (κ3) is 2.72. The number of amides is 1. The second-order valence-corrected chi connectivity index (χ2v) is 4.51. The molecule has 0 saturated heterocycles. The van der Waals surface area contributed by atoms with E-state index in [0.717, 1.165) is 23.1 Å². The van der Waals surface area contributed by atoms with Gasteiger partial charge in [-0.25, -0.2) is 13.6 Å². The number of aliphatic carboxylic acids is 1. The fourth-order valence-corrected chi connectivity index (χ4v) is 1.75. The van der Waals surface area contributed by atoms with Gasteiger partial charge < -0.3 is 10.0 Å². The predicted octanol–water partition coefficient (Wildman–Crippen LogP) is 2.29. The van der Waals surface area contributed by atoms with E-state index in [1.807, 2.05) is 0 Å². The van der Waals surface area contributed by atoms with Crippen LogP contribution in [0, 0.1) is 11.6 Å². The van der Waals surface area contributed by atoms with Crippen molar-refractivity contribution in [3.05, 3.63) is 35.4 Å². The maximum absolute atomic E-state index is 13.6. The number of rotatable bonds is 4. The van der Waals surface area contributed by atoms with Gasteiger partial charge in [0.2, 0.25) is 0 Å². The molecule has 0 aliphatic rings. The molecule has 0 unspecified atom stereocenters. The molecule has 1 aromatic rings. The highest BCUT2D eigenvalue weighted by molar-refractivity contribution is 5.98. The first-order valence-electron chi connectivity index (χ1n) is 5.72. The van der Waals surface area contributed by atoms with Crippen molar-refractivity contribution in [2.75, 3.05) is 6.54 Å². The van der Waals surface area contributed by atoms with Gasteiger partial charge in [0.15, 0.2) is 0 Å². The van der Waals surface area contributed by atoms with E-state index in [1.54, 1.807) is 6.92 Å². The number of carboxylic acids is 1. The van der Waals surface area contributed by atoms with Crippen molar-refractivity contribution < 1.29 is 23.5 Å².